The molecule has 1 N–H and O–H groups in total. The normalized spacial score (nSPS) is 20.4. The molecule has 6 heteroatoms. The van der Waals surface area contributed by atoms with Crippen molar-refractivity contribution in [1.29, 1.82) is 5.26 Å². The first-order valence-corrected chi connectivity index (χ1v) is 7.73. The zero-order valence-electron chi connectivity index (χ0n) is 13.0. The first kappa shape index (κ1) is 15.5. The Hall–Kier alpha value is -2.39. The van der Waals surface area contributed by atoms with Crippen molar-refractivity contribution in [2.45, 2.75) is 38.0 Å². The highest BCUT2D eigenvalue weighted by atomic mass is 19.1. The molecule has 1 aliphatic rings. The number of ether oxygens (including phenoxy) is 1. The molecule has 0 spiro atoms. The number of hydrogen-bond donors (Lipinski definition) is 1. The monoisotopic (exact) mass is 314 g/mol. The third-order valence-electron chi connectivity index (χ3n) is 4.16. The molecule has 1 fully saturated rings. The summed E-state index contributed by atoms with van der Waals surface area (Å²) in [7, 11) is 1.85. The van der Waals surface area contributed by atoms with Crippen LogP contribution in [-0.4, -0.2) is 21.9 Å². The lowest BCUT2D eigenvalue weighted by Crippen LogP contribution is -2.38. The largest absolute Gasteiger partial charge is 0.486 e. The summed E-state index contributed by atoms with van der Waals surface area (Å²) in [4.78, 5) is 0. The third-order valence-corrected chi connectivity index (χ3v) is 4.16. The molecular weight excluding hydrogens is 295 g/mol. The van der Waals surface area contributed by atoms with Gasteiger partial charge in [0, 0.05) is 25.2 Å². The van der Waals surface area contributed by atoms with Gasteiger partial charge in [-0.1, -0.05) is 6.07 Å². The summed E-state index contributed by atoms with van der Waals surface area (Å²) < 4.78 is 21.6. The molecule has 3 rings (SSSR count). The van der Waals surface area contributed by atoms with Crippen LogP contribution in [0.5, 0.6) is 5.75 Å². The Kier molecular flexibility index (Phi) is 4.58. The number of nitrogens with one attached hydrogen (secondary N) is 1. The molecule has 1 aromatic carbocycles. The fourth-order valence-electron chi connectivity index (χ4n) is 2.94. The molecule has 23 heavy (non-hydrogen) atoms. The Morgan fingerprint density at radius 1 is 1.48 bits per heavy atom. The topological polar surface area (TPSA) is 62.9 Å². The number of aromatic nitrogens is 2. The number of nitrogens with zero attached hydrogens (tertiary/aromatic N) is 3. The Balaban J connectivity index is 1.59. The predicted molar refractivity (Wildman–Crippen MR) is 83.2 cm³/mol. The van der Waals surface area contributed by atoms with Gasteiger partial charge in [-0.3, -0.25) is 4.68 Å². The van der Waals surface area contributed by atoms with Crippen LogP contribution in [0.1, 0.15) is 30.4 Å². The summed E-state index contributed by atoms with van der Waals surface area (Å²) in [6.45, 7) is 0.426. The lowest BCUT2D eigenvalue weighted by Gasteiger charge is -2.21. The summed E-state index contributed by atoms with van der Waals surface area (Å²) in [6, 6.07) is 6.70. The number of aryl methyl sites for hydroxylation is 1. The molecule has 0 aliphatic heterocycles. The van der Waals surface area contributed by atoms with E-state index in [1.54, 1.807) is 23.0 Å². The highest BCUT2D eigenvalue weighted by Gasteiger charge is 2.29. The smallest absolute Gasteiger partial charge is 0.157 e. The number of hydrogen-bond acceptors (Lipinski definition) is 4. The van der Waals surface area contributed by atoms with Gasteiger partial charge in [0.2, 0.25) is 0 Å². The van der Waals surface area contributed by atoms with Crippen LogP contribution in [0, 0.1) is 17.1 Å². The second-order valence-corrected chi connectivity index (χ2v) is 5.84. The average molecular weight is 314 g/mol. The number of benzene rings is 1. The number of nitriles is 1. The SMILES string of the molecule is Cn1cc(O[C@@H]2CCC[C@@H]2NCc2ccc(C#N)cc2F)cn1. The highest BCUT2D eigenvalue weighted by Crippen LogP contribution is 2.25. The Labute approximate surface area is 134 Å². The van der Waals surface area contributed by atoms with Gasteiger partial charge in [0.15, 0.2) is 5.75 Å². The van der Waals surface area contributed by atoms with E-state index in [1.807, 2.05) is 19.3 Å². The van der Waals surface area contributed by atoms with Crippen LogP contribution < -0.4 is 10.1 Å². The van der Waals surface area contributed by atoms with Crippen LogP contribution in [0.25, 0.3) is 0 Å². The molecule has 1 saturated carbocycles. The van der Waals surface area contributed by atoms with Crippen molar-refractivity contribution < 1.29 is 9.13 Å². The summed E-state index contributed by atoms with van der Waals surface area (Å²) >= 11 is 0. The fourth-order valence-corrected chi connectivity index (χ4v) is 2.94. The van der Waals surface area contributed by atoms with E-state index in [0.29, 0.717) is 17.7 Å². The highest BCUT2D eigenvalue weighted by molar-refractivity contribution is 5.32. The molecule has 1 heterocycles. The minimum atomic E-state index is -0.348. The minimum Gasteiger partial charge on any atom is -0.486 e. The lowest BCUT2D eigenvalue weighted by molar-refractivity contribution is 0.173. The Bertz CT molecular complexity index is 722. The van der Waals surface area contributed by atoms with Crippen LogP contribution in [0.3, 0.4) is 0 Å². The molecule has 0 amide bonds. The van der Waals surface area contributed by atoms with E-state index in [4.69, 9.17) is 10.00 Å². The van der Waals surface area contributed by atoms with Crippen LogP contribution in [-0.2, 0) is 13.6 Å². The second kappa shape index (κ2) is 6.80. The average Bonchev–Trinajstić information content (AvgIpc) is 3.15. The van der Waals surface area contributed by atoms with Gasteiger partial charge in [0.1, 0.15) is 11.9 Å². The van der Waals surface area contributed by atoms with Gasteiger partial charge in [-0.05, 0) is 31.4 Å². The summed E-state index contributed by atoms with van der Waals surface area (Å²) in [5.74, 6) is 0.412. The van der Waals surface area contributed by atoms with Crippen molar-refractivity contribution in [3.05, 3.63) is 47.5 Å². The van der Waals surface area contributed by atoms with Gasteiger partial charge >= 0.3 is 0 Å². The maximum absolute atomic E-state index is 13.9. The van der Waals surface area contributed by atoms with E-state index in [-0.39, 0.29) is 18.0 Å². The van der Waals surface area contributed by atoms with E-state index in [1.165, 1.54) is 6.07 Å². The zero-order chi connectivity index (χ0) is 16.2. The molecule has 120 valence electrons. The van der Waals surface area contributed by atoms with E-state index in [0.717, 1.165) is 25.0 Å². The molecule has 5 nitrogen and oxygen atoms in total. The van der Waals surface area contributed by atoms with Gasteiger partial charge in [0.25, 0.3) is 0 Å². The molecule has 0 saturated heterocycles. The first-order valence-electron chi connectivity index (χ1n) is 7.73. The third kappa shape index (κ3) is 3.69. The maximum Gasteiger partial charge on any atom is 0.157 e. The molecule has 1 aliphatic carbocycles. The standard InChI is InChI=1S/C17H19FN4O/c1-22-11-14(10-21-22)23-17-4-2-3-16(17)20-9-13-6-5-12(8-19)7-15(13)18/h5-7,10-11,16-17,20H,2-4,9H2,1H3/t16-,17+/m0/s1. The van der Waals surface area contributed by atoms with Crippen LogP contribution >= 0.6 is 0 Å². The van der Waals surface area contributed by atoms with Crippen molar-refractivity contribution in [2.24, 2.45) is 7.05 Å². The number of rotatable bonds is 5. The van der Waals surface area contributed by atoms with Crippen LogP contribution in [0.4, 0.5) is 4.39 Å². The van der Waals surface area contributed by atoms with Crippen molar-refractivity contribution >= 4 is 0 Å². The molecule has 1 aromatic heterocycles. The Morgan fingerprint density at radius 2 is 2.35 bits per heavy atom. The van der Waals surface area contributed by atoms with Gasteiger partial charge in [-0.2, -0.15) is 10.4 Å². The molecule has 2 atom stereocenters. The molecule has 0 unspecified atom stereocenters. The van der Waals surface area contributed by atoms with E-state index in [2.05, 4.69) is 10.4 Å². The second-order valence-electron chi connectivity index (χ2n) is 5.84. The summed E-state index contributed by atoms with van der Waals surface area (Å²) in [5, 5.41) is 16.3. The van der Waals surface area contributed by atoms with Crippen molar-refractivity contribution in [3.8, 4) is 11.8 Å². The van der Waals surface area contributed by atoms with Crippen molar-refractivity contribution in [3.63, 3.8) is 0 Å². The zero-order valence-corrected chi connectivity index (χ0v) is 13.0. The molecule has 0 radical (unpaired) electrons. The predicted octanol–water partition coefficient (Wildman–Crippen LogP) is 2.52. The molecule has 0 bridgehead atoms. The fraction of sp³-hybridized carbons (Fsp3) is 0.412. The number of halogens is 1. The summed E-state index contributed by atoms with van der Waals surface area (Å²) in [6.07, 6.45) is 6.68. The van der Waals surface area contributed by atoms with E-state index in [9.17, 15) is 4.39 Å². The van der Waals surface area contributed by atoms with E-state index < -0.39 is 0 Å². The maximum atomic E-state index is 13.9. The molecule has 2 aromatic rings. The van der Waals surface area contributed by atoms with Crippen molar-refractivity contribution in [1.82, 2.24) is 15.1 Å². The molecular formula is C17H19FN4O. The van der Waals surface area contributed by atoms with Gasteiger partial charge in [-0.15, -0.1) is 0 Å². The van der Waals surface area contributed by atoms with Gasteiger partial charge < -0.3 is 10.1 Å². The first-order chi connectivity index (χ1) is 11.2. The Morgan fingerprint density at radius 3 is 3.04 bits per heavy atom. The van der Waals surface area contributed by atoms with Crippen LogP contribution in [0.15, 0.2) is 30.6 Å². The summed E-state index contributed by atoms with van der Waals surface area (Å²) in [5.41, 5.74) is 0.904. The quantitative estimate of drug-likeness (QED) is 0.921. The van der Waals surface area contributed by atoms with E-state index >= 15 is 0 Å². The van der Waals surface area contributed by atoms with Crippen LogP contribution in [0.2, 0.25) is 0 Å². The van der Waals surface area contributed by atoms with Gasteiger partial charge in [0.05, 0.1) is 24.0 Å². The minimum absolute atomic E-state index is 0.0700. The lowest BCUT2D eigenvalue weighted by atomic mass is 10.1. The van der Waals surface area contributed by atoms with Gasteiger partial charge in [-0.25, -0.2) is 4.39 Å². The van der Waals surface area contributed by atoms with Crippen molar-refractivity contribution in [2.75, 3.05) is 0 Å².